The summed E-state index contributed by atoms with van der Waals surface area (Å²) in [5.74, 6) is 4.60. The van der Waals surface area contributed by atoms with Gasteiger partial charge in [-0.3, -0.25) is 9.59 Å². The molecule has 6 N–H and O–H groups in total. The molecule has 1 aromatic heterocycles. The second-order valence-electron chi connectivity index (χ2n) is 7.54. The molecule has 31 heavy (non-hydrogen) atoms. The number of carbonyl (C=O) groups is 2. The molecule has 10 heteroatoms. The molecular weight excluding hydrogens is 400 g/mol. The van der Waals surface area contributed by atoms with Crippen LogP contribution in [0.15, 0.2) is 24.3 Å². The maximum Gasteiger partial charge on any atom is 0.269 e. The molecule has 4 rings (SSSR count). The van der Waals surface area contributed by atoms with Crippen LogP contribution < -0.4 is 21.5 Å². The lowest BCUT2D eigenvalue weighted by atomic mass is 10.0. The van der Waals surface area contributed by atoms with Gasteiger partial charge in [0.15, 0.2) is 11.5 Å². The Morgan fingerprint density at radius 3 is 2.77 bits per heavy atom. The van der Waals surface area contributed by atoms with Crippen LogP contribution in [0.2, 0.25) is 0 Å². The normalized spacial score (nSPS) is 20.7. The first-order valence-electron chi connectivity index (χ1n) is 9.73. The smallest absolute Gasteiger partial charge is 0.269 e. The fourth-order valence-corrected chi connectivity index (χ4v) is 3.24. The molecule has 2 aliphatic rings. The summed E-state index contributed by atoms with van der Waals surface area (Å²) >= 11 is 0. The molecule has 2 aromatic rings. The van der Waals surface area contributed by atoms with Gasteiger partial charge < -0.3 is 31.5 Å². The molecule has 3 heterocycles. The molecule has 0 bridgehead atoms. The van der Waals surface area contributed by atoms with Gasteiger partial charge in [-0.1, -0.05) is 24.0 Å². The van der Waals surface area contributed by atoms with Gasteiger partial charge in [-0.05, 0) is 12.1 Å². The van der Waals surface area contributed by atoms with Gasteiger partial charge in [-0.25, -0.2) is 4.98 Å². The lowest BCUT2D eigenvalue weighted by Gasteiger charge is -2.27. The minimum absolute atomic E-state index is 0.00909. The van der Waals surface area contributed by atoms with E-state index in [9.17, 15) is 14.7 Å². The van der Waals surface area contributed by atoms with Gasteiger partial charge in [0.1, 0.15) is 11.8 Å². The van der Waals surface area contributed by atoms with E-state index in [1.807, 2.05) is 0 Å². The number of aromatic nitrogens is 2. The van der Waals surface area contributed by atoms with Gasteiger partial charge >= 0.3 is 0 Å². The van der Waals surface area contributed by atoms with Crippen molar-refractivity contribution in [2.75, 3.05) is 32.4 Å². The first kappa shape index (κ1) is 20.6. The van der Waals surface area contributed by atoms with Crippen molar-refractivity contribution in [3.63, 3.8) is 0 Å². The van der Waals surface area contributed by atoms with Crippen LogP contribution in [0, 0.1) is 11.8 Å². The summed E-state index contributed by atoms with van der Waals surface area (Å²) in [6.45, 7) is 1.73. The number of amides is 2. The predicted octanol–water partition coefficient (Wildman–Crippen LogP) is -0.880. The summed E-state index contributed by atoms with van der Waals surface area (Å²) in [6.07, 6.45) is 0.139. The minimum atomic E-state index is -1.70. The molecule has 0 aliphatic carbocycles. The number of likely N-dealkylation sites (N-methyl/N-ethyl adjacent to an activating group) is 1. The molecule has 2 fully saturated rings. The summed E-state index contributed by atoms with van der Waals surface area (Å²) in [7, 11) is 1.62. The average Bonchev–Trinajstić information content (AvgIpc) is 2.98. The molecule has 2 amide bonds. The largest absolute Gasteiger partial charge is 0.470 e. The van der Waals surface area contributed by atoms with E-state index in [4.69, 9.17) is 16.2 Å². The van der Waals surface area contributed by atoms with E-state index < -0.39 is 17.4 Å². The van der Waals surface area contributed by atoms with Crippen LogP contribution in [0.1, 0.15) is 22.5 Å². The molecular formula is C21H22N6O4. The second-order valence-corrected chi connectivity index (χ2v) is 7.54. The topological polar surface area (TPSA) is 157 Å². The van der Waals surface area contributed by atoms with Gasteiger partial charge in [-0.2, -0.15) is 4.98 Å². The third kappa shape index (κ3) is 4.01. The number of benzene rings is 1. The molecule has 10 nitrogen and oxygen atoms in total. The average molecular weight is 422 g/mol. The van der Waals surface area contributed by atoms with Crippen molar-refractivity contribution in [1.29, 1.82) is 0 Å². The number of nitrogens with two attached hydrogens (primary N) is 2. The van der Waals surface area contributed by atoms with Gasteiger partial charge in [0.2, 0.25) is 11.5 Å². The Morgan fingerprint density at radius 1 is 1.39 bits per heavy atom. The summed E-state index contributed by atoms with van der Waals surface area (Å²) in [6, 6.07) is 6.88. The summed E-state index contributed by atoms with van der Waals surface area (Å²) in [5.41, 5.74) is 10.7. The zero-order valence-corrected chi connectivity index (χ0v) is 16.9. The maximum absolute atomic E-state index is 12.1. The van der Waals surface area contributed by atoms with Crippen molar-refractivity contribution in [3.05, 3.63) is 35.5 Å². The molecule has 0 unspecified atom stereocenters. The number of rotatable bonds is 4. The number of hydrogen-bond acceptors (Lipinski definition) is 8. The second kappa shape index (κ2) is 7.86. The Labute approximate surface area is 178 Å². The van der Waals surface area contributed by atoms with E-state index in [2.05, 4.69) is 27.1 Å². The lowest BCUT2D eigenvalue weighted by Crippen LogP contribution is -2.50. The predicted molar refractivity (Wildman–Crippen MR) is 112 cm³/mol. The number of nitrogen functional groups attached to an aromatic ring is 1. The number of likely N-dealkylation sites (tertiary alicyclic amines) is 1. The van der Waals surface area contributed by atoms with Crippen LogP contribution in [-0.2, 0) is 4.79 Å². The van der Waals surface area contributed by atoms with Crippen LogP contribution in [0.3, 0.4) is 0 Å². The number of anilines is 1. The quantitative estimate of drug-likeness (QED) is 0.463. The Bertz CT molecular complexity index is 1120. The van der Waals surface area contributed by atoms with E-state index in [1.165, 1.54) is 4.90 Å². The summed E-state index contributed by atoms with van der Waals surface area (Å²) in [5, 5.41) is 13.6. The highest BCUT2D eigenvalue weighted by molar-refractivity contribution is 5.97. The lowest BCUT2D eigenvalue weighted by molar-refractivity contribution is -0.137. The van der Waals surface area contributed by atoms with E-state index in [-0.39, 0.29) is 35.6 Å². The Hall–Kier alpha value is -3.68. The third-order valence-corrected chi connectivity index (χ3v) is 5.21. The Kier molecular flexibility index (Phi) is 5.22. The number of primary amides is 1. The van der Waals surface area contributed by atoms with Gasteiger partial charge in [0.25, 0.3) is 11.8 Å². The van der Waals surface area contributed by atoms with Crippen molar-refractivity contribution in [1.82, 2.24) is 20.2 Å². The van der Waals surface area contributed by atoms with Gasteiger partial charge in [0, 0.05) is 44.2 Å². The third-order valence-electron chi connectivity index (χ3n) is 5.21. The highest BCUT2D eigenvalue weighted by Gasteiger charge is 2.42. The molecule has 0 spiro atoms. The SMILES string of the molecule is CN1CC[C@@](O)(C#Cc2cccc(-c3nc(OC4CNC4)c(N)c(C(N)=O)n3)c2)C1=O. The van der Waals surface area contributed by atoms with Crippen molar-refractivity contribution >= 4 is 17.5 Å². The van der Waals surface area contributed by atoms with Gasteiger partial charge in [-0.15, -0.1) is 0 Å². The van der Waals surface area contributed by atoms with Crippen molar-refractivity contribution in [3.8, 4) is 29.1 Å². The van der Waals surface area contributed by atoms with Crippen LogP contribution in [-0.4, -0.2) is 70.2 Å². The molecule has 0 saturated carbocycles. The number of hydrogen-bond donors (Lipinski definition) is 4. The molecule has 160 valence electrons. The standard InChI is InChI=1S/C21H22N6O4/c1-27-8-7-21(30,20(27)29)6-5-12-3-2-4-13(9-12)18-25-16(17(23)28)15(22)19(26-18)31-14-10-24-11-14/h2-4,9,14,24,30H,7-8,10-11,22H2,1H3,(H2,23,28)/t21-/m0/s1. The minimum Gasteiger partial charge on any atom is -0.470 e. The number of aliphatic hydroxyl groups is 1. The van der Waals surface area contributed by atoms with E-state index in [1.54, 1.807) is 31.3 Å². The van der Waals surface area contributed by atoms with E-state index in [0.29, 0.717) is 30.8 Å². The first-order valence-corrected chi connectivity index (χ1v) is 9.73. The molecule has 2 aliphatic heterocycles. The number of carbonyl (C=O) groups excluding carboxylic acids is 2. The highest BCUT2D eigenvalue weighted by Crippen LogP contribution is 2.28. The fourth-order valence-electron chi connectivity index (χ4n) is 3.24. The van der Waals surface area contributed by atoms with E-state index >= 15 is 0 Å². The first-order chi connectivity index (χ1) is 14.8. The summed E-state index contributed by atoms with van der Waals surface area (Å²) < 4.78 is 5.76. The maximum atomic E-state index is 12.1. The monoisotopic (exact) mass is 422 g/mol. The van der Waals surface area contributed by atoms with Crippen molar-refractivity contribution < 1.29 is 19.4 Å². The summed E-state index contributed by atoms with van der Waals surface area (Å²) in [4.78, 5) is 34.0. The van der Waals surface area contributed by atoms with Crippen molar-refractivity contribution in [2.45, 2.75) is 18.1 Å². The molecule has 2 saturated heterocycles. The van der Waals surface area contributed by atoms with Crippen LogP contribution in [0.25, 0.3) is 11.4 Å². The van der Waals surface area contributed by atoms with Crippen molar-refractivity contribution in [2.24, 2.45) is 5.73 Å². The van der Waals surface area contributed by atoms with Crippen LogP contribution in [0.4, 0.5) is 5.69 Å². The van der Waals surface area contributed by atoms with Crippen LogP contribution >= 0.6 is 0 Å². The Morgan fingerprint density at radius 2 is 2.16 bits per heavy atom. The van der Waals surface area contributed by atoms with E-state index in [0.717, 1.165) is 0 Å². The molecule has 1 aromatic carbocycles. The molecule has 1 atom stereocenters. The number of nitrogens with one attached hydrogen (secondary N) is 1. The Balaban J connectivity index is 1.68. The van der Waals surface area contributed by atoms with Gasteiger partial charge in [0.05, 0.1) is 0 Å². The van der Waals surface area contributed by atoms with Crippen LogP contribution in [0.5, 0.6) is 5.88 Å². The molecule has 0 radical (unpaired) electrons. The highest BCUT2D eigenvalue weighted by atomic mass is 16.5. The zero-order valence-electron chi connectivity index (χ0n) is 16.9. The fraction of sp³-hybridized carbons (Fsp3) is 0.333. The zero-order chi connectivity index (χ0) is 22.2. The number of nitrogens with zero attached hydrogens (tertiary/aromatic N) is 3. The number of ether oxygens (including phenoxy) is 1.